The molecule has 2 aromatic rings. The van der Waals surface area contributed by atoms with Crippen molar-refractivity contribution in [1.82, 2.24) is 4.90 Å². The summed E-state index contributed by atoms with van der Waals surface area (Å²) in [4.78, 5) is 24.9. The van der Waals surface area contributed by atoms with E-state index in [4.69, 9.17) is 14.6 Å². The second kappa shape index (κ2) is 7.31. The normalized spacial score (nSPS) is 17.7. The minimum atomic E-state index is -0.946. The van der Waals surface area contributed by atoms with E-state index in [-0.39, 0.29) is 25.5 Å². The van der Waals surface area contributed by atoms with Crippen LogP contribution in [-0.4, -0.2) is 54.3 Å². The molecular weight excluding hydrogens is 310 g/mol. The monoisotopic (exact) mass is 329 g/mol. The lowest BCUT2D eigenvalue weighted by Crippen LogP contribution is -2.51. The molecule has 1 saturated heterocycles. The molecule has 0 aromatic heterocycles. The predicted molar refractivity (Wildman–Crippen MR) is 88.0 cm³/mol. The fraction of sp³-hybridized carbons (Fsp3) is 0.333. The van der Waals surface area contributed by atoms with Crippen molar-refractivity contribution in [3.8, 4) is 5.75 Å². The van der Waals surface area contributed by atoms with Crippen LogP contribution in [0.5, 0.6) is 5.75 Å². The maximum Gasteiger partial charge on any atom is 0.305 e. The lowest BCUT2D eigenvalue weighted by molar-refractivity contribution is -0.147. The second-order valence-corrected chi connectivity index (χ2v) is 5.68. The van der Waals surface area contributed by atoms with Crippen molar-refractivity contribution in [3.63, 3.8) is 0 Å². The third-order valence-corrected chi connectivity index (χ3v) is 4.06. The first-order chi connectivity index (χ1) is 11.6. The summed E-state index contributed by atoms with van der Waals surface area (Å²) in [5, 5.41) is 10.9. The van der Waals surface area contributed by atoms with E-state index in [9.17, 15) is 9.59 Å². The number of aliphatic carboxylic acids is 1. The zero-order valence-corrected chi connectivity index (χ0v) is 13.2. The SMILES string of the molecule is O=C(O)CC1COCCN1C(=O)COc1cccc2ccccc12. The summed E-state index contributed by atoms with van der Waals surface area (Å²) in [7, 11) is 0. The number of carbonyl (C=O) groups is 2. The smallest absolute Gasteiger partial charge is 0.305 e. The molecule has 24 heavy (non-hydrogen) atoms. The molecule has 1 fully saturated rings. The molecule has 0 spiro atoms. The van der Waals surface area contributed by atoms with Gasteiger partial charge in [-0.3, -0.25) is 9.59 Å². The maximum absolute atomic E-state index is 12.5. The van der Waals surface area contributed by atoms with Gasteiger partial charge in [0.25, 0.3) is 5.91 Å². The quantitative estimate of drug-likeness (QED) is 0.907. The van der Waals surface area contributed by atoms with E-state index in [1.165, 1.54) is 0 Å². The van der Waals surface area contributed by atoms with Gasteiger partial charge >= 0.3 is 5.97 Å². The van der Waals surface area contributed by atoms with Gasteiger partial charge in [0.2, 0.25) is 0 Å². The molecule has 1 amide bonds. The number of fused-ring (bicyclic) bond motifs is 1. The van der Waals surface area contributed by atoms with Gasteiger partial charge in [-0.15, -0.1) is 0 Å². The van der Waals surface area contributed by atoms with Crippen molar-refractivity contribution in [2.75, 3.05) is 26.4 Å². The van der Waals surface area contributed by atoms with Gasteiger partial charge in [-0.1, -0.05) is 36.4 Å². The molecule has 0 saturated carbocycles. The Kier molecular flexibility index (Phi) is 4.96. The van der Waals surface area contributed by atoms with Crippen molar-refractivity contribution in [2.24, 2.45) is 0 Å². The Morgan fingerprint density at radius 1 is 1.21 bits per heavy atom. The molecule has 6 heteroatoms. The summed E-state index contributed by atoms with van der Waals surface area (Å²) in [6.07, 6.45) is -0.125. The number of amides is 1. The van der Waals surface area contributed by atoms with Gasteiger partial charge in [-0.05, 0) is 11.5 Å². The number of benzene rings is 2. The van der Waals surface area contributed by atoms with Crippen LogP contribution in [0.2, 0.25) is 0 Å². The molecule has 1 unspecified atom stereocenters. The molecule has 1 aliphatic rings. The Morgan fingerprint density at radius 3 is 2.83 bits per heavy atom. The average Bonchev–Trinajstić information content (AvgIpc) is 2.59. The fourth-order valence-corrected chi connectivity index (χ4v) is 2.90. The number of rotatable bonds is 5. The van der Waals surface area contributed by atoms with Crippen LogP contribution >= 0.6 is 0 Å². The summed E-state index contributed by atoms with van der Waals surface area (Å²) in [6.45, 7) is 0.919. The molecule has 1 aliphatic heterocycles. The summed E-state index contributed by atoms with van der Waals surface area (Å²) in [5.74, 6) is -0.528. The Labute approximate surface area is 139 Å². The minimum absolute atomic E-state index is 0.121. The highest BCUT2D eigenvalue weighted by molar-refractivity contribution is 5.88. The maximum atomic E-state index is 12.5. The number of hydrogen-bond acceptors (Lipinski definition) is 4. The van der Waals surface area contributed by atoms with Gasteiger partial charge in [0.1, 0.15) is 5.75 Å². The number of ether oxygens (including phenoxy) is 2. The molecule has 3 rings (SSSR count). The molecule has 0 aliphatic carbocycles. The van der Waals surface area contributed by atoms with E-state index in [0.29, 0.717) is 18.9 Å². The molecule has 1 heterocycles. The molecule has 1 atom stereocenters. The molecule has 0 bridgehead atoms. The van der Waals surface area contributed by atoms with Gasteiger partial charge in [0.05, 0.1) is 25.7 Å². The molecule has 2 aromatic carbocycles. The summed E-state index contributed by atoms with van der Waals surface area (Å²) in [5.41, 5.74) is 0. The number of morpholine rings is 1. The second-order valence-electron chi connectivity index (χ2n) is 5.68. The molecule has 126 valence electrons. The van der Waals surface area contributed by atoms with Crippen LogP contribution < -0.4 is 4.74 Å². The molecule has 6 nitrogen and oxygen atoms in total. The number of carbonyl (C=O) groups excluding carboxylic acids is 1. The highest BCUT2D eigenvalue weighted by atomic mass is 16.5. The van der Waals surface area contributed by atoms with Crippen LogP contribution in [-0.2, 0) is 14.3 Å². The third-order valence-electron chi connectivity index (χ3n) is 4.06. The van der Waals surface area contributed by atoms with Gasteiger partial charge in [-0.25, -0.2) is 0 Å². The van der Waals surface area contributed by atoms with E-state index in [2.05, 4.69) is 0 Å². The predicted octanol–water partition coefficient (Wildman–Crippen LogP) is 1.92. The van der Waals surface area contributed by atoms with Crippen molar-refractivity contribution in [3.05, 3.63) is 42.5 Å². The van der Waals surface area contributed by atoms with Crippen LogP contribution in [0, 0.1) is 0 Å². The number of carboxylic acids is 1. The van der Waals surface area contributed by atoms with Crippen molar-refractivity contribution in [1.29, 1.82) is 0 Å². The fourth-order valence-electron chi connectivity index (χ4n) is 2.90. The van der Waals surface area contributed by atoms with E-state index in [0.717, 1.165) is 10.8 Å². The topological polar surface area (TPSA) is 76.1 Å². The first-order valence-corrected chi connectivity index (χ1v) is 7.85. The van der Waals surface area contributed by atoms with Crippen LogP contribution in [0.1, 0.15) is 6.42 Å². The van der Waals surface area contributed by atoms with Gasteiger partial charge in [0, 0.05) is 11.9 Å². The zero-order valence-electron chi connectivity index (χ0n) is 13.2. The van der Waals surface area contributed by atoms with E-state index in [1.807, 2.05) is 42.5 Å². The average molecular weight is 329 g/mol. The number of nitrogens with zero attached hydrogens (tertiary/aromatic N) is 1. The lowest BCUT2D eigenvalue weighted by Gasteiger charge is -2.34. The summed E-state index contributed by atoms with van der Waals surface area (Å²) < 4.78 is 11.0. The Hall–Kier alpha value is -2.60. The third kappa shape index (κ3) is 3.65. The van der Waals surface area contributed by atoms with Crippen LogP contribution in [0.4, 0.5) is 0 Å². The van der Waals surface area contributed by atoms with Crippen molar-refractivity contribution < 1.29 is 24.2 Å². The van der Waals surface area contributed by atoms with Crippen LogP contribution in [0.25, 0.3) is 10.8 Å². The Morgan fingerprint density at radius 2 is 2.00 bits per heavy atom. The van der Waals surface area contributed by atoms with Gasteiger partial charge in [0.15, 0.2) is 6.61 Å². The summed E-state index contributed by atoms with van der Waals surface area (Å²) >= 11 is 0. The van der Waals surface area contributed by atoms with Gasteiger partial charge < -0.3 is 19.5 Å². The minimum Gasteiger partial charge on any atom is -0.483 e. The first kappa shape index (κ1) is 16.3. The van der Waals surface area contributed by atoms with E-state index >= 15 is 0 Å². The highest BCUT2D eigenvalue weighted by Gasteiger charge is 2.29. The van der Waals surface area contributed by atoms with Crippen LogP contribution in [0.15, 0.2) is 42.5 Å². The van der Waals surface area contributed by atoms with Crippen molar-refractivity contribution in [2.45, 2.75) is 12.5 Å². The Bertz CT molecular complexity index is 740. The molecule has 1 N–H and O–H groups in total. The number of carboxylic acid groups (broad SMARTS) is 1. The lowest BCUT2D eigenvalue weighted by atomic mass is 10.1. The van der Waals surface area contributed by atoms with Gasteiger partial charge in [-0.2, -0.15) is 0 Å². The first-order valence-electron chi connectivity index (χ1n) is 7.85. The largest absolute Gasteiger partial charge is 0.483 e. The van der Waals surface area contributed by atoms with E-state index in [1.54, 1.807) is 4.90 Å². The number of hydrogen-bond donors (Lipinski definition) is 1. The van der Waals surface area contributed by atoms with E-state index < -0.39 is 12.0 Å². The Balaban J connectivity index is 1.68. The summed E-state index contributed by atoms with van der Waals surface area (Å²) in [6, 6.07) is 13.0. The highest BCUT2D eigenvalue weighted by Crippen LogP contribution is 2.25. The standard InChI is InChI=1S/C18H19NO5/c20-17(19-8-9-23-11-14(19)10-18(21)22)12-24-16-7-3-5-13-4-1-2-6-15(13)16/h1-7,14H,8-12H2,(H,21,22). The van der Waals surface area contributed by atoms with Crippen LogP contribution in [0.3, 0.4) is 0 Å². The zero-order chi connectivity index (χ0) is 16.9. The molecule has 0 radical (unpaired) electrons. The van der Waals surface area contributed by atoms with Crippen molar-refractivity contribution >= 4 is 22.6 Å². The molecular formula is C18H19NO5.